The minimum Gasteiger partial charge on any atom is -0.480 e. The van der Waals surface area contributed by atoms with E-state index in [1.54, 1.807) is 0 Å². The predicted octanol–water partition coefficient (Wildman–Crippen LogP) is 12.2. The lowest BCUT2D eigenvalue weighted by molar-refractivity contribution is -0.161. The fraction of sp³-hybridized carbons (Fsp3) is 0.761. The number of aliphatic carboxylic acids is 1. The number of ether oxygens (including phenoxy) is 2. The number of phosphoric ester groups is 1. The fourth-order valence-corrected chi connectivity index (χ4v) is 6.77. The molecule has 1 unspecified atom stereocenters. The van der Waals surface area contributed by atoms with E-state index in [4.69, 9.17) is 24.8 Å². The molecule has 0 aliphatic heterocycles. The summed E-state index contributed by atoms with van der Waals surface area (Å²) in [6.07, 6.45) is 46.0. The number of nitrogens with two attached hydrogens (primary N) is 1. The molecule has 0 aliphatic carbocycles. The largest absolute Gasteiger partial charge is 0.480 e. The molecule has 0 aromatic heterocycles. The first-order valence-corrected chi connectivity index (χ1v) is 24.2. The van der Waals surface area contributed by atoms with Gasteiger partial charge >= 0.3 is 25.7 Å². The molecule has 336 valence electrons. The summed E-state index contributed by atoms with van der Waals surface area (Å²) in [7, 11) is -4.73. The Morgan fingerprint density at radius 3 is 1.40 bits per heavy atom. The first kappa shape index (κ1) is 55.4. The minimum atomic E-state index is -4.73. The van der Waals surface area contributed by atoms with Gasteiger partial charge in [0.25, 0.3) is 0 Å². The summed E-state index contributed by atoms with van der Waals surface area (Å²) in [5.74, 6) is -2.41. The second-order valence-corrected chi connectivity index (χ2v) is 16.6. The first-order chi connectivity index (χ1) is 28.1. The standard InChI is InChI=1S/C46H82NO10P/c1-3-5-7-9-11-13-15-17-19-20-21-22-24-26-28-30-32-34-36-38-45(49)57-42(40-55-58(52,53)56-41-43(47)46(50)51)39-54-44(48)37-35-33-31-29-27-25-23-18-16-14-12-10-8-6-4-2/h11,13,17,19,21-22,26,28,42-43H,3-10,12,14-16,18,20,23-25,27,29-41,47H2,1-2H3,(H,50,51)(H,52,53)/b13-11+,19-17+,22-21+,28-26+/t42-,43+/m1/s1. The lowest BCUT2D eigenvalue weighted by Gasteiger charge is -2.20. The summed E-state index contributed by atoms with van der Waals surface area (Å²) in [5.41, 5.74) is 5.33. The van der Waals surface area contributed by atoms with Gasteiger partial charge in [0.1, 0.15) is 12.6 Å². The van der Waals surface area contributed by atoms with E-state index in [0.29, 0.717) is 12.8 Å². The normalized spacial score (nSPS) is 14.1. The van der Waals surface area contributed by atoms with Crippen molar-refractivity contribution in [1.82, 2.24) is 0 Å². The number of carbonyl (C=O) groups is 3. The first-order valence-electron chi connectivity index (χ1n) is 22.7. The smallest absolute Gasteiger partial charge is 0.472 e. The summed E-state index contributed by atoms with van der Waals surface area (Å²) in [6.45, 7) is 2.75. The molecule has 4 N–H and O–H groups in total. The zero-order chi connectivity index (χ0) is 42.8. The summed E-state index contributed by atoms with van der Waals surface area (Å²) in [6, 6.07) is -1.53. The molecule has 0 fully saturated rings. The van der Waals surface area contributed by atoms with Crippen molar-refractivity contribution in [2.45, 2.75) is 206 Å². The van der Waals surface area contributed by atoms with Crippen LogP contribution in [0.15, 0.2) is 48.6 Å². The Hall–Kier alpha value is -2.56. The fourth-order valence-electron chi connectivity index (χ4n) is 5.99. The van der Waals surface area contributed by atoms with Crippen molar-refractivity contribution in [3.63, 3.8) is 0 Å². The van der Waals surface area contributed by atoms with E-state index in [9.17, 15) is 23.8 Å². The number of carboxylic acids is 1. The Kier molecular flexibility index (Phi) is 39.4. The molecule has 0 saturated heterocycles. The van der Waals surface area contributed by atoms with Gasteiger partial charge in [-0.15, -0.1) is 0 Å². The lowest BCUT2D eigenvalue weighted by atomic mass is 10.0. The van der Waals surface area contributed by atoms with E-state index in [2.05, 4.69) is 67.0 Å². The minimum absolute atomic E-state index is 0.124. The van der Waals surface area contributed by atoms with E-state index in [-0.39, 0.29) is 19.4 Å². The highest BCUT2D eigenvalue weighted by Gasteiger charge is 2.28. The van der Waals surface area contributed by atoms with Crippen molar-refractivity contribution < 1.29 is 47.5 Å². The Balaban J connectivity index is 4.40. The highest BCUT2D eigenvalue weighted by atomic mass is 31.2. The molecule has 11 nitrogen and oxygen atoms in total. The van der Waals surface area contributed by atoms with Crippen molar-refractivity contribution in [3.8, 4) is 0 Å². The Morgan fingerprint density at radius 1 is 0.534 bits per heavy atom. The number of esters is 2. The number of rotatable bonds is 42. The molecule has 0 aromatic carbocycles. The molecule has 0 bridgehead atoms. The number of carbonyl (C=O) groups excluding carboxylic acids is 2. The third-order valence-electron chi connectivity index (χ3n) is 9.58. The van der Waals surface area contributed by atoms with Gasteiger partial charge in [-0.1, -0.05) is 172 Å². The number of hydrogen-bond acceptors (Lipinski definition) is 9. The van der Waals surface area contributed by atoms with Crippen LogP contribution < -0.4 is 5.73 Å². The monoisotopic (exact) mass is 840 g/mol. The van der Waals surface area contributed by atoms with Crippen LogP contribution in [0.5, 0.6) is 0 Å². The molecule has 0 heterocycles. The summed E-state index contributed by atoms with van der Waals surface area (Å²) in [5, 5.41) is 8.89. The lowest BCUT2D eigenvalue weighted by Crippen LogP contribution is -2.34. The van der Waals surface area contributed by atoms with E-state index in [1.807, 2.05) is 0 Å². The zero-order valence-corrected chi connectivity index (χ0v) is 37.3. The number of allylic oxidation sites excluding steroid dienone is 8. The molecule has 0 rings (SSSR count). The number of hydrogen-bond donors (Lipinski definition) is 3. The molecule has 0 aliphatic rings. The van der Waals surface area contributed by atoms with Gasteiger partial charge in [-0.25, -0.2) is 4.57 Å². The average Bonchev–Trinajstić information content (AvgIpc) is 3.20. The van der Waals surface area contributed by atoms with Gasteiger partial charge in [0.05, 0.1) is 13.2 Å². The zero-order valence-electron chi connectivity index (χ0n) is 36.4. The topological polar surface area (TPSA) is 172 Å². The SMILES string of the molecule is CCCCC/C=C/C/C=C/C/C=C/C/C=C/CCCCCC(=O)O[C@H](COC(=O)CCCCCCCCCCCCCCCCC)COP(=O)(O)OC[C@H](N)C(=O)O. The van der Waals surface area contributed by atoms with Crippen molar-refractivity contribution in [2.24, 2.45) is 5.73 Å². The number of unbranched alkanes of at least 4 members (excludes halogenated alkanes) is 20. The van der Waals surface area contributed by atoms with E-state index in [1.165, 1.54) is 96.3 Å². The maximum Gasteiger partial charge on any atom is 0.472 e. The predicted molar refractivity (Wildman–Crippen MR) is 235 cm³/mol. The highest BCUT2D eigenvalue weighted by Crippen LogP contribution is 2.43. The van der Waals surface area contributed by atoms with Gasteiger partial charge < -0.3 is 25.2 Å². The molecule has 0 aromatic rings. The third-order valence-corrected chi connectivity index (χ3v) is 10.5. The van der Waals surface area contributed by atoms with Crippen molar-refractivity contribution in [2.75, 3.05) is 19.8 Å². The van der Waals surface area contributed by atoms with Crippen LogP contribution in [-0.4, -0.2) is 59.9 Å². The Bertz CT molecular complexity index is 1170. The van der Waals surface area contributed by atoms with Gasteiger partial charge in [-0.2, -0.15) is 0 Å². The molecule has 58 heavy (non-hydrogen) atoms. The molecule has 0 radical (unpaired) electrons. The molecular weight excluding hydrogens is 757 g/mol. The maximum atomic E-state index is 12.6. The second kappa shape index (κ2) is 41.2. The molecule has 0 spiro atoms. The van der Waals surface area contributed by atoms with Gasteiger partial charge in [-0.05, 0) is 57.8 Å². The number of phosphoric acid groups is 1. The maximum absolute atomic E-state index is 12.6. The summed E-state index contributed by atoms with van der Waals surface area (Å²) in [4.78, 5) is 46.0. The van der Waals surface area contributed by atoms with E-state index < -0.39 is 51.1 Å². The average molecular weight is 840 g/mol. The summed E-state index contributed by atoms with van der Waals surface area (Å²) < 4.78 is 32.7. The highest BCUT2D eigenvalue weighted by molar-refractivity contribution is 7.47. The van der Waals surface area contributed by atoms with Crippen LogP contribution in [0.3, 0.4) is 0 Å². The second-order valence-electron chi connectivity index (χ2n) is 15.2. The van der Waals surface area contributed by atoms with Gasteiger partial charge in [-0.3, -0.25) is 23.4 Å². The van der Waals surface area contributed by atoms with Crippen LogP contribution in [-0.2, 0) is 37.5 Å². The van der Waals surface area contributed by atoms with E-state index >= 15 is 0 Å². The van der Waals surface area contributed by atoms with Crippen LogP contribution in [0.4, 0.5) is 0 Å². The van der Waals surface area contributed by atoms with Gasteiger partial charge in [0.2, 0.25) is 0 Å². The van der Waals surface area contributed by atoms with Crippen LogP contribution in [0.2, 0.25) is 0 Å². The Labute approximate surface area is 352 Å². The van der Waals surface area contributed by atoms with E-state index in [0.717, 1.165) is 57.8 Å². The van der Waals surface area contributed by atoms with Crippen molar-refractivity contribution >= 4 is 25.7 Å². The van der Waals surface area contributed by atoms with Crippen LogP contribution in [0.25, 0.3) is 0 Å². The van der Waals surface area contributed by atoms with Crippen molar-refractivity contribution in [1.29, 1.82) is 0 Å². The Morgan fingerprint density at radius 2 is 0.914 bits per heavy atom. The van der Waals surface area contributed by atoms with Gasteiger partial charge in [0, 0.05) is 12.8 Å². The number of carboxylic acid groups (broad SMARTS) is 1. The third kappa shape index (κ3) is 40.2. The molecule has 0 amide bonds. The van der Waals surface area contributed by atoms with Crippen LogP contribution in [0.1, 0.15) is 194 Å². The van der Waals surface area contributed by atoms with Gasteiger partial charge in [0.15, 0.2) is 6.10 Å². The van der Waals surface area contributed by atoms with Crippen molar-refractivity contribution in [3.05, 3.63) is 48.6 Å². The molecule has 3 atom stereocenters. The quantitative estimate of drug-likeness (QED) is 0.0231. The van der Waals surface area contributed by atoms with Crippen LogP contribution in [0, 0.1) is 0 Å². The summed E-state index contributed by atoms with van der Waals surface area (Å²) >= 11 is 0. The molecular formula is C46H82NO10P. The molecule has 0 saturated carbocycles. The molecule has 12 heteroatoms. The van der Waals surface area contributed by atoms with Crippen LogP contribution >= 0.6 is 7.82 Å².